The number of hydrogen-bond donors (Lipinski definition) is 3. The molecule has 2 saturated heterocycles. The zero-order chi connectivity index (χ0) is 44.1. The Hall–Kier alpha value is -4.62. The lowest BCUT2D eigenvalue weighted by atomic mass is 10.0. The van der Waals surface area contributed by atoms with Gasteiger partial charge in [0.05, 0.1) is 16.9 Å². The summed E-state index contributed by atoms with van der Waals surface area (Å²) in [5.41, 5.74) is 1.69. The standard InChI is InChI=1S/C32H42F4N8.C12H23N.C2H6/c1-8-27(32(34,35)36)26(18-37-9-2)23(5)40-29-14-25(24-16-38-31(39-17-24)43-12-10-41(6)11-13-43)28(33)15-30(29)44-19-21(3)42(7)22(4)20-44;1-4-6-8-9-11-13-12(3)10-7-5-2;1-2/h8-9,14-18,21-22,37,40H,2,5,10-13,19-20H2,1,3-4,6-7H3;5,13H,2-4,6-11H2,1H3;1-2H3/b26-18-,27-8+;;. The number of piperazine rings is 2. The van der Waals surface area contributed by atoms with E-state index in [0.29, 0.717) is 36.0 Å². The molecule has 2 unspecified atom stereocenters. The van der Waals surface area contributed by atoms with E-state index in [-0.39, 0.29) is 28.9 Å². The first kappa shape index (κ1) is 50.5. The molecular formula is C46H71F4N9. The molecule has 0 radical (unpaired) electrons. The number of hydrogen-bond acceptors (Lipinski definition) is 9. The third-order valence-corrected chi connectivity index (χ3v) is 10.4. The monoisotopic (exact) mass is 826 g/mol. The number of rotatable bonds is 18. The first-order chi connectivity index (χ1) is 28.1. The summed E-state index contributed by atoms with van der Waals surface area (Å²) in [6.07, 6.45) is 11.2. The molecular weight excluding hydrogens is 755 g/mol. The number of nitrogens with one attached hydrogen (secondary N) is 3. The SMILES string of the molecule is C=CCCC(=C)NCCCCCC.C=CN/C=C(C(=C)Nc1cc(-c2cnc(N3CCN(C)CC3)nc2)c(F)cc1N1CC(C)N(C)C(C)C1)\C(=C/C)C(F)(F)F.CC. The van der Waals surface area contributed by atoms with E-state index in [0.717, 1.165) is 57.3 Å². The van der Waals surface area contributed by atoms with Crippen LogP contribution in [-0.2, 0) is 0 Å². The van der Waals surface area contributed by atoms with Crippen LogP contribution in [0.3, 0.4) is 0 Å². The van der Waals surface area contributed by atoms with Gasteiger partial charge in [-0.3, -0.25) is 4.90 Å². The second-order valence-electron chi connectivity index (χ2n) is 14.8. The fourth-order valence-corrected chi connectivity index (χ4v) is 6.73. The number of benzene rings is 1. The molecule has 4 rings (SSSR count). The first-order valence-corrected chi connectivity index (χ1v) is 21.0. The maximum absolute atomic E-state index is 15.9. The second kappa shape index (κ2) is 25.8. The van der Waals surface area contributed by atoms with E-state index in [1.165, 1.54) is 51.1 Å². The van der Waals surface area contributed by atoms with Gasteiger partial charge in [-0.25, -0.2) is 14.4 Å². The summed E-state index contributed by atoms with van der Waals surface area (Å²) >= 11 is 0. The van der Waals surface area contributed by atoms with Gasteiger partial charge in [0.1, 0.15) is 5.82 Å². The van der Waals surface area contributed by atoms with Crippen LogP contribution >= 0.6 is 0 Å². The Morgan fingerprint density at radius 1 is 0.932 bits per heavy atom. The number of anilines is 3. The van der Waals surface area contributed by atoms with Crippen molar-refractivity contribution in [3.05, 3.63) is 104 Å². The largest absolute Gasteiger partial charge is 0.416 e. The van der Waals surface area contributed by atoms with Gasteiger partial charge in [0.25, 0.3) is 0 Å². The highest BCUT2D eigenvalue weighted by Crippen LogP contribution is 2.39. The maximum Gasteiger partial charge on any atom is 0.416 e. The van der Waals surface area contributed by atoms with Gasteiger partial charge in [-0.15, -0.1) is 6.58 Å². The minimum atomic E-state index is -4.63. The van der Waals surface area contributed by atoms with E-state index in [1.807, 2.05) is 27.0 Å². The molecule has 0 bridgehead atoms. The molecule has 0 saturated carbocycles. The van der Waals surface area contributed by atoms with E-state index in [2.05, 4.69) is 99.7 Å². The molecule has 2 atom stereocenters. The molecule has 0 aliphatic carbocycles. The minimum Gasteiger partial charge on any atom is -0.389 e. The number of halogens is 4. The summed E-state index contributed by atoms with van der Waals surface area (Å²) in [6, 6.07) is 3.36. The second-order valence-corrected chi connectivity index (χ2v) is 14.8. The lowest BCUT2D eigenvalue weighted by molar-refractivity contribution is -0.0892. The molecule has 3 heterocycles. The molecule has 1 aromatic carbocycles. The molecule has 2 aliphatic heterocycles. The van der Waals surface area contributed by atoms with Crippen molar-refractivity contribution in [2.45, 2.75) is 98.3 Å². The van der Waals surface area contributed by atoms with Gasteiger partial charge in [-0.05, 0) is 72.5 Å². The summed E-state index contributed by atoms with van der Waals surface area (Å²) in [7, 11) is 4.11. The third kappa shape index (κ3) is 15.8. The summed E-state index contributed by atoms with van der Waals surface area (Å²) in [5.74, 6) is 0.0846. The number of likely N-dealkylation sites (N-methyl/N-ethyl adjacent to an activating group) is 2. The van der Waals surface area contributed by atoms with Gasteiger partial charge < -0.3 is 30.7 Å². The topological polar surface area (TPSA) is 74.8 Å². The van der Waals surface area contributed by atoms with Crippen molar-refractivity contribution in [3.63, 3.8) is 0 Å². The van der Waals surface area contributed by atoms with E-state index in [4.69, 9.17) is 0 Å². The summed E-state index contributed by atoms with van der Waals surface area (Å²) < 4.78 is 57.9. The van der Waals surface area contributed by atoms with Crippen LogP contribution in [0.5, 0.6) is 0 Å². The minimum absolute atomic E-state index is 0.0135. The van der Waals surface area contributed by atoms with Crippen molar-refractivity contribution in [1.82, 2.24) is 30.4 Å². The van der Waals surface area contributed by atoms with Crippen LogP contribution in [0.25, 0.3) is 11.1 Å². The Balaban J connectivity index is 0.000000682. The van der Waals surface area contributed by atoms with Crippen LogP contribution in [0.4, 0.5) is 34.9 Å². The fourth-order valence-electron chi connectivity index (χ4n) is 6.73. The lowest BCUT2D eigenvalue weighted by Gasteiger charge is -2.44. The lowest BCUT2D eigenvalue weighted by Crippen LogP contribution is -2.55. The van der Waals surface area contributed by atoms with E-state index < -0.39 is 17.6 Å². The van der Waals surface area contributed by atoms with Crippen LogP contribution in [0, 0.1) is 5.82 Å². The predicted octanol–water partition coefficient (Wildman–Crippen LogP) is 10.3. The third-order valence-electron chi connectivity index (χ3n) is 10.4. The highest BCUT2D eigenvalue weighted by atomic mass is 19.4. The number of alkyl halides is 3. The molecule has 59 heavy (non-hydrogen) atoms. The summed E-state index contributed by atoms with van der Waals surface area (Å²) in [4.78, 5) is 17.6. The van der Waals surface area contributed by atoms with Gasteiger partial charge in [0.15, 0.2) is 0 Å². The molecule has 1 aromatic heterocycles. The van der Waals surface area contributed by atoms with Crippen molar-refractivity contribution in [2.75, 3.05) is 75.0 Å². The molecule has 9 nitrogen and oxygen atoms in total. The van der Waals surface area contributed by atoms with Crippen LogP contribution in [0.2, 0.25) is 0 Å². The molecule has 2 aromatic rings. The Morgan fingerprint density at radius 3 is 2.10 bits per heavy atom. The zero-order valence-electron chi connectivity index (χ0n) is 37.0. The average molecular weight is 826 g/mol. The van der Waals surface area contributed by atoms with Gasteiger partial charge >= 0.3 is 6.18 Å². The van der Waals surface area contributed by atoms with Crippen molar-refractivity contribution in [2.24, 2.45) is 0 Å². The van der Waals surface area contributed by atoms with Crippen LogP contribution in [-0.4, -0.2) is 97.9 Å². The molecule has 3 N–H and O–H groups in total. The van der Waals surface area contributed by atoms with Gasteiger partial charge in [0, 0.05) is 105 Å². The first-order valence-electron chi connectivity index (χ1n) is 21.0. The molecule has 0 spiro atoms. The van der Waals surface area contributed by atoms with Gasteiger partial charge in [-0.1, -0.05) is 71.9 Å². The summed E-state index contributed by atoms with van der Waals surface area (Å²) in [6.45, 7) is 32.5. The molecule has 2 fully saturated rings. The quantitative estimate of drug-likeness (QED) is 0.0590. The Bertz CT molecular complexity index is 1670. The number of allylic oxidation sites excluding steroid dienone is 4. The zero-order valence-corrected chi connectivity index (χ0v) is 37.0. The van der Waals surface area contributed by atoms with Crippen molar-refractivity contribution < 1.29 is 17.6 Å². The summed E-state index contributed by atoms with van der Waals surface area (Å²) in [5, 5.41) is 9.07. The van der Waals surface area contributed by atoms with Crippen LogP contribution < -0.4 is 25.8 Å². The molecule has 2 aliphatic rings. The average Bonchev–Trinajstić information content (AvgIpc) is 3.21. The Kier molecular flexibility index (Phi) is 22.1. The van der Waals surface area contributed by atoms with E-state index in [9.17, 15) is 13.2 Å². The Labute approximate surface area is 352 Å². The highest BCUT2D eigenvalue weighted by Gasteiger charge is 2.36. The highest BCUT2D eigenvalue weighted by molar-refractivity contribution is 5.81. The van der Waals surface area contributed by atoms with E-state index >= 15 is 4.39 Å². The fraction of sp³-hybridized carbons (Fsp3) is 0.522. The normalized spacial score (nSPS) is 17.8. The number of unbranched alkanes of at least 4 members (excludes halogenated alkanes) is 3. The molecule has 328 valence electrons. The maximum atomic E-state index is 15.9. The van der Waals surface area contributed by atoms with Gasteiger partial charge in [0.2, 0.25) is 5.95 Å². The van der Waals surface area contributed by atoms with Crippen molar-refractivity contribution in [3.8, 4) is 11.1 Å². The number of nitrogens with zero attached hydrogens (tertiary/aromatic N) is 6. The van der Waals surface area contributed by atoms with Crippen LogP contribution in [0.15, 0.2) is 97.9 Å². The van der Waals surface area contributed by atoms with Gasteiger partial charge in [-0.2, -0.15) is 13.2 Å². The molecule has 0 amide bonds. The van der Waals surface area contributed by atoms with Crippen LogP contribution in [0.1, 0.15) is 80.1 Å². The molecule has 13 heteroatoms. The smallest absolute Gasteiger partial charge is 0.389 e. The predicted molar refractivity (Wildman–Crippen MR) is 242 cm³/mol. The van der Waals surface area contributed by atoms with Crippen molar-refractivity contribution in [1.29, 1.82) is 0 Å². The van der Waals surface area contributed by atoms with E-state index in [1.54, 1.807) is 18.5 Å². The number of aromatic nitrogens is 2. The van der Waals surface area contributed by atoms with Crippen molar-refractivity contribution >= 4 is 17.3 Å². The Morgan fingerprint density at radius 2 is 1.56 bits per heavy atom.